The van der Waals surface area contributed by atoms with Crippen LogP contribution in [-0.2, 0) is 4.79 Å². The molecule has 0 aliphatic heterocycles. The predicted molar refractivity (Wildman–Crippen MR) is 92.5 cm³/mol. The lowest BCUT2D eigenvalue weighted by molar-refractivity contribution is -0.116. The molecular weight excluding hydrogens is 353 g/mol. The highest BCUT2D eigenvalue weighted by Gasteiger charge is 2.22. The maximum absolute atomic E-state index is 12.4. The number of amides is 2. The zero-order valence-electron chi connectivity index (χ0n) is 13.3. The number of halogens is 2. The molecule has 2 amide bonds. The van der Waals surface area contributed by atoms with Crippen molar-refractivity contribution in [1.29, 1.82) is 0 Å². The van der Waals surface area contributed by atoms with Crippen molar-refractivity contribution in [3.8, 4) is 0 Å². The Morgan fingerprint density at radius 3 is 2.62 bits per heavy atom. The van der Waals surface area contributed by atoms with Gasteiger partial charge in [-0.2, -0.15) is 0 Å². The molecule has 1 aromatic carbocycles. The average Bonchev–Trinajstić information content (AvgIpc) is 2.95. The second-order valence-electron chi connectivity index (χ2n) is 5.23. The summed E-state index contributed by atoms with van der Waals surface area (Å²) in [5, 5.41) is 7.16. The highest BCUT2D eigenvalue weighted by atomic mass is 35.5. The zero-order chi connectivity index (χ0) is 17.7. The minimum absolute atomic E-state index is 0.110. The molecule has 0 saturated carbocycles. The quantitative estimate of drug-likeness (QED) is 0.840. The molecule has 1 N–H and O–H groups in total. The van der Waals surface area contributed by atoms with Gasteiger partial charge in [-0.3, -0.25) is 9.59 Å². The van der Waals surface area contributed by atoms with Gasteiger partial charge in [-0.25, -0.2) is 0 Å². The average molecular weight is 370 g/mol. The summed E-state index contributed by atoms with van der Waals surface area (Å²) in [6.45, 7) is 3.94. The molecular formula is C16H17Cl2N3O3. The SMILES string of the molecule is CCCN(CC(=O)Nc1ccc(Cl)cc1Cl)C(=O)c1cc(C)no1. The van der Waals surface area contributed by atoms with Gasteiger partial charge in [-0.05, 0) is 31.5 Å². The standard InChI is InChI=1S/C16H17Cl2N3O3/c1-3-6-21(16(23)14-7-10(2)20-24-14)9-15(22)19-13-5-4-11(17)8-12(13)18/h4-5,7-8H,3,6,9H2,1-2H3,(H,19,22). The molecule has 0 fully saturated rings. The van der Waals surface area contributed by atoms with Gasteiger partial charge in [0.25, 0.3) is 5.91 Å². The second kappa shape index (κ2) is 8.17. The Morgan fingerprint density at radius 2 is 2.04 bits per heavy atom. The van der Waals surface area contributed by atoms with E-state index in [1.807, 2.05) is 6.92 Å². The lowest BCUT2D eigenvalue weighted by atomic mass is 10.3. The lowest BCUT2D eigenvalue weighted by Gasteiger charge is -2.20. The number of nitrogens with one attached hydrogen (secondary N) is 1. The second-order valence-corrected chi connectivity index (χ2v) is 6.08. The fourth-order valence-corrected chi connectivity index (χ4v) is 2.55. The Hall–Kier alpha value is -2.05. The summed E-state index contributed by atoms with van der Waals surface area (Å²) in [7, 11) is 0. The molecule has 128 valence electrons. The van der Waals surface area contributed by atoms with E-state index in [1.54, 1.807) is 25.1 Å². The number of hydrogen-bond donors (Lipinski definition) is 1. The van der Waals surface area contributed by atoms with E-state index in [2.05, 4.69) is 10.5 Å². The summed E-state index contributed by atoms with van der Waals surface area (Å²) < 4.78 is 4.98. The van der Waals surface area contributed by atoms with Crippen LogP contribution in [0.15, 0.2) is 28.8 Å². The van der Waals surface area contributed by atoms with Gasteiger partial charge in [0.1, 0.15) is 6.54 Å². The van der Waals surface area contributed by atoms with Crippen molar-refractivity contribution in [2.24, 2.45) is 0 Å². The molecule has 24 heavy (non-hydrogen) atoms. The summed E-state index contributed by atoms with van der Waals surface area (Å²) in [5.74, 6) is -0.634. The molecule has 0 radical (unpaired) electrons. The molecule has 0 bridgehead atoms. The van der Waals surface area contributed by atoms with E-state index in [0.717, 1.165) is 0 Å². The number of carbonyl (C=O) groups excluding carboxylic acids is 2. The van der Waals surface area contributed by atoms with Crippen molar-refractivity contribution in [2.75, 3.05) is 18.4 Å². The van der Waals surface area contributed by atoms with Gasteiger partial charge in [0, 0.05) is 17.6 Å². The highest BCUT2D eigenvalue weighted by Crippen LogP contribution is 2.25. The number of aryl methyl sites for hydroxylation is 1. The Kier molecular flexibility index (Phi) is 6.23. The van der Waals surface area contributed by atoms with Crippen LogP contribution < -0.4 is 5.32 Å². The van der Waals surface area contributed by atoms with E-state index in [1.165, 1.54) is 11.0 Å². The normalized spacial score (nSPS) is 10.5. The maximum atomic E-state index is 12.4. The van der Waals surface area contributed by atoms with E-state index < -0.39 is 0 Å². The van der Waals surface area contributed by atoms with Crippen LogP contribution in [0.3, 0.4) is 0 Å². The molecule has 0 saturated heterocycles. The summed E-state index contributed by atoms with van der Waals surface area (Å²) in [6, 6.07) is 6.30. The molecule has 0 aliphatic rings. The van der Waals surface area contributed by atoms with E-state index in [-0.39, 0.29) is 24.1 Å². The molecule has 0 aliphatic carbocycles. The molecule has 2 rings (SSSR count). The van der Waals surface area contributed by atoms with Gasteiger partial charge < -0.3 is 14.7 Å². The summed E-state index contributed by atoms with van der Waals surface area (Å²) >= 11 is 11.9. The Morgan fingerprint density at radius 1 is 1.29 bits per heavy atom. The van der Waals surface area contributed by atoms with Gasteiger partial charge in [0.2, 0.25) is 11.7 Å². The smallest absolute Gasteiger partial charge is 0.292 e. The van der Waals surface area contributed by atoms with Crippen molar-refractivity contribution in [3.63, 3.8) is 0 Å². The largest absolute Gasteiger partial charge is 0.351 e. The summed E-state index contributed by atoms with van der Waals surface area (Å²) in [4.78, 5) is 26.1. The highest BCUT2D eigenvalue weighted by molar-refractivity contribution is 6.36. The summed E-state index contributed by atoms with van der Waals surface area (Å²) in [5.41, 5.74) is 1.04. The number of benzene rings is 1. The maximum Gasteiger partial charge on any atom is 0.292 e. The van der Waals surface area contributed by atoms with Crippen LogP contribution in [0.5, 0.6) is 0 Å². The van der Waals surface area contributed by atoms with E-state index in [0.29, 0.717) is 34.4 Å². The summed E-state index contributed by atoms with van der Waals surface area (Å²) in [6.07, 6.45) is 0.702. The number of aromatic nitrogens is 1. The van der Waals surface area contributed by atoms with Gasteiger partial charge in [0.05, 0.1) is 16.4 Å². The van der Waals surface area contributed by atoms with E-state index in [4.69, 9.17) is 27.7 Å². The van der Waals surface area contributed by atoms with Crippen LogP contribution >= 0.6 is 23.2 Å². The third kappa shape index (κ3) is 4.72. The van der Waals surface area contributed by atoms with Crippen LogP contribution in [0.2, 0.25) is 10.0 Å². The number of rotatable bonds is 6. The van der Waals surface area contributed by atoms with Crippen LogP contribution in [0, 0.1) is 6.92 Å². The van der Waals surface area contributed by atoms with Crippen molar-refractivity contribution >= 4 is 40.7 Å². The number of carbonyl (C=O) groups is 2. The topological polar surface area (TPSA) is 75.4 Å². The molecule has 0 spiro atoms. The Bertz CT molecular complexity index is 746. The molecule has 6 nitrogen and oxygen atoms in total. The van der Waals surface area contributed by atoms with Crippen molar-refractivity contribution in [2.45, 2.75) is 20.3 Å². The van der Waals surface area contributed by atoms with Crippen molar-refractivity contribution < 1.29 is 14.1 Å². The van der Waals surface area contributed by atoms with Crippen molar-refractivity contribution in [3.05, 3.63) is 45.8 Å². The molecule has 1 heterocycles. The minimum Gasteiger partial charge on any atom is -0.351 e. The lowest BCUT2D eigenvalue weighted by Crippen LogP contribution is -2.38. The molecule has 8 heteroatoms. The first kappa shape index (κ1) is 18.3. The predicted octanol–water partition coefficient (Wildman–Crippen LogP) is 3.78. The van der Waals surface area contributed by atoms with Crippen LogP contribution in [0.25, 0.3) is 0 Å². The number of anilines is 1. The Labute approximate surface area is 149 Å². The van der Waals surface area contributed by atoms with E-state index in [9.17, 15) is 9.59 Å². The first-order valence-electron chi connectivity index (χ1n) is 7.38. The number of nitrogens with zero attached hydrogens (tertiary/aromatic N) is 2. The van der Waals surface area contributed by atoms with Gasteiger partial charge in [0.15, 0.2) is 0 Å². The minimum atomic E-state index is -0.380. The van der Waals surface area contributed by atoms with Crippen LogP contribution in [0.4, 0.5) is 5.69 Å². The third-order valence-corrected chi connectivity index (χ3v) is 3.71. The van der Waals surface area contributed by atoms with Crippen LogP contribution in [-0.4, -0.2) is 35.0 Å². The van der Waals surface area contributed by atoms with Crippen LogP contribution in [0.1, 0.15) is 29.6 Å². The van der Waals surface area contributed by atoms with Gasteiger partial charge >= 0.3 is 0 Å². The molecule has 1 aromatic heterocycles. The fourth-order valence-electron chi connectivity index (χ4n) is 2.10. The molecule has 0 atom stereocenters. The molecule has 2 aromatic rings. The Balaban J connectivity index is 2.06. The van der Waals surface area contributed by atoms with Gasteiger partial charge in [-0.1, -0.05) is 35.3 Å². The van der Waals surface area contributed by atoms with E-state index >= 15 is 0 Å². The first-order chi connectivity index (χ1) is 11.4. The van der Waals surface area contributed by atoms with Crippen molar-refractivity contribution in [1.82, 2.24) is 10.1 Å². The first-order valence-corrected chi connectivity index (χ1v) is 8.13. The molecule has 0 unspecified atom stereocenters. The van der Waals surface area contributed by atoms with Gasteiger partial charge in [-0.15, -0.1) is 0 Å². The third-order valence-electron chi connectivity index (χ3n) is 3.16. The fraction of sp³-hybridized carbons (Fsp3) is 0.312. The number of hydrogen-bond acceptors (Lipinski definition) is 4. The zero-order valence-corrected chi connectivity index (χ0v) is 14.8. The monoisotopic (exact) mass is 369 g/mol.